The number of carboxylic acids is 1. The molecule has 26 heavy (non-hydrogen) atoms. The molecule has 0 fully saturated rings. The summed E-state index contributed by atoms with van der Waals surface area (Å²) in [5.74, 6) is -1.81. The molecule has 2 N–H and O–H groups in total. The molecule has 0 aliphatic rings. The van der Waals surface area contributed by atoms with Crippen molar-refractivity contribution in [3.05, 3.63) is 47.8 Å². The van der Waals surface area contributed by atoms with Crippen molar-refractivity contribution in [3.63, 3.8) is 0 Å². The molecular formula is C17H18F3N3O3. The number of alkyl halides is 3. The Morgan fingerprint density at radius 1 is 1.27 bits per heavy atom. The number of hydrogen-bond acceptors (Lipinski definition) is 3. The minimum absolute atomic E-state index is 0.0547. The highest BCUT2D eigenvalue weighted by Crippen LogP contribution is 2.30. The molecule has 140 valence electrons. The number of nitrogens with zero attached hydrogens (tertiary/aromatic N) is 2. The number of amides is 1. The first-order valence-corrected chi connectivity index (χ1v) is 7.85. The number of carboxylic acid groups (broad SMARTS) is 1. The Morgan fingerprint density at radius 2 is 1.96 bits per heavy atom. The third-order valence-corrected chi connectivity index (χ3v) is 3.57. The summed E-state index contributed by atoms with van der Waals surface area (Å²) in [4.78, 5) is 23.4. The second-order valence-electron chi connectivity index (χ2n) is 6.19. The largest absolute Gasteiger partial charge is 0.480 e. The maximum Gasteiger partial charge on any atom is 0.416 e. The van der Waals surface area contributed by atoms with E-state index in [1.54, 1.807) is 0 Å². The van der Waals surface area contributed by atoms with Crippen LogP contribution in [0.1, 0.15) is 36.3 Å². The van der Waals surface area contributed by atoms with Crippen LogP contribution < -0.4 is 5.32 Å². The van der Waals surface area contributed by atoms with Crippen LogP contribution in [0.4, 0.5) is 13.2 Å². The summed E-state index contributed by atoms with van der Waals surface area (Å²) in [5, 5.41) is 15.5. The maximum atomic E-state index is 12.8. The van der Waals surface area contributed by atoms with Gasteiger partial charge in [0.05, 0.1) is 11.3 Å². The highest BCUT2D eigenvalue weighted by Gasteiger charge is 2.30. The van der Waals surface area contributed by atoms with Crippen LogP contribution in [0.3, 0.4) is 0 Å². The Kier molecular flexibility index (Phi) is 5.69. The van der Waals surface area contributed by atoms with Crippen LogP contribution in [0.2, 0.25) is 0 Å². The average molecular weight is 369 g/mol. The first-order chi connectivity index (χ1) is 12.1. The SMILES string of the molecule is CC(C)C[C@H](NC(=O)c1ccn(-c2cccc(C(F)(F)F)c2)n1)C(=O)O. The van der Waals surface area contributed by atoms with Crippen molar-refractivity contribution in [1.82, 2.24) is 15.1 Å². The summed E-state index contributed by atoms with van der Waals surface area (Å²) in [5.41, 5.74) is -0.785. The molecule has 0 unspecified atom stereocenters. The Labute approximate surface area is 147 Å². The maximum absolute atomic E-state index is 12.8. The van der Waals surface area contributed by atoms with E-state index in [-0.39, 0.29) is 23.7 Å². The molecule has 0 aliphatic heterocycles. The zero-order chi connectivity index (χ0) is 19.5. The lowest BCUT2D eigenvalue weighted by molar-refractivity contribution is -0.140. The van der Waals surface area contributed by atoms with Crippen molar-refractivity contribution in [3.8, 4) is 5.69 Å². The van der Waals surface area contributed by atoms with E-state index < -0.39 is 29.7 Å². The first kappa shape index (κ1) is 19.5. The number of halogens is 3. The molecule has 0 radical (unpaired) electrons. The van der Waals surface area contributed by atoms with Crippen molar-refractivity contribution in [2.45, 2.75) is 32.5 Å². The third kappa shape index (κ3) is 4.84. The van der Waals surface area contributed by atoms with Gasteiger partial charge in [0.25, 0.3) is 5.91 Å². The molecule has 0 aliphatic carbocycles. The fraction of sp³-hybridized carbons (Fsp3) is 0.353. The van der Waals surface area contributed by atoms with Gasteiger partial charge < -0.3 is 10.4 Å². The standard InChI is InChI=1S/C17H18F3N3O3/c1-10(2)8-14(16(25)26)21-15(24)13-6-7-23(22-13)12-5-3-4-11(9-12)17(18,19)20/h3-7,9-10,14H,8H2,1-2H3,(H,21,24)(H,25,26)/t14-/m0/s1. The van der Waals surface area contributed by atoms with E-state index in [2.05, 4.69) is 10.4 Å². The van der Waals surface area contributed by atoms with E-state index in [9.17, 15) is 22.8 Å². The lowest BCUT2D eigenvalue weighted by Gasteiger charge is -2.15. The summed E-state index contributed by atoms with van der Waals surface area (Å²) in [6.07, 6.45) is -2.91. The van der Waals surface area contributed by atoms with E-state index in [0.717, 1.165) is 16.8 Å². The van der Waals surface area contributed by atoms with Crippen molar-refractivity contribution in [2.24, 2.45) is 5.92 Å². The van der Waals surface area contributed by atoms with Gasteiger partial charge in [0.2, 0.25) is 0 Å². The lowest BCUT2D eigenvalue weighted by Crippen LogP contribution is -2.41. The summed E-state index contributed by atoms with van der Waals surface area (Å²) in [6.45, 7) is 3.65. The van der Waals surface area contributed by atoms with Crippen LogP contribution in [0.5, 0.6) is 0 Å². The van der Waals surface area contributed by atoms with Gasteiger partial charge in [-0.15, -0.1) is 0 Å². The molecule has 1 amide bonds. The van der Waals surface area contributed by atoms with Gasteiger partial charge in [-0.25, -0.2) is 9.48 Å². The second kappa shape index (κ2) is 7.59. The minimum Gasteiger partial charge on any atom is -0.480 e. The van der Waals surface area contributed by atoms with Crippen LogP contribution in [0.25, 0.3) is 5.69 Å². The van der Waals surface area contributed by atoms with Crippen molar-refractivity contribution in [2.75, 3.05) is 0 Å². The monoisotopic (exact) mass is 369 g/mol. The Morgan fingerprint density at radius 3 is 2.54 bits per heavy atom. The van der Waals surface area contributed by atoms with Crippen molar-refractivity contribution in [1.29, 1.82) is 0 Å². The average Bonchev–Trinajstić information content (AvgIpc) is 3.03. The summed E-state index contributed by atoms with van der Waals surface area (Å²) < 4.78 is 39.5. The van der Waals surface area contributed by atoms with Gasteiger partial charge in [0.1, 0.15) is 6.04 Å². The summed E-state index contributed by atoms with van der Waals surface area (Å²) >= 11 is 0. The molecule has 1 atom stereocenters. The molecule has 1 aromatic carbocycles. The van der Waals surface area contributed by atoms with E-state index in [1.165, 1.54) is 24.4 Å². The van der Waals surface area contributed by atoms with Gasteiger partial charge in [-0.2, -0.15) is 18.3 Å². The molecule has 0 bridgehead atoms. The lowest BCUT2D eigenvalue weighted by atomic mass is 10.0. The number of aromatic nitrogens is 2. The first-order valence-electron chi connectivity index (χ1n) is 7.85. The van der Waals surface area contributed by atoms with Gasteiger partial charge in [0.15, 0.2) is 5.69 Å². The molecule has 2 aromatic rings. The van der Waals surface area contributed by atoms with Crippen LogP contribution in [0, 0.1) is 5.92 Å². The fourth-order valence-electron chi connectivity index (χ4n) is 2.34. The van der Waals surface area contributed by atoms with E-state index in [0.29, 0.717) is 0 Å². The second-order valence-corrected chi connectivity index (χ2v) is 6.19. The Balaban J connectivity index is 2.19. The number of benzene rings is 1. The predicted molar refractivity (Wildman–Crippen MR) is 86.9 cm³/mol. The topological polar surface area (TPSA) is 84.2 Å². The van der Waals surface area contributed by atoms with Crippen LogP contribution in [-0.4, -0.2) is 32.8 Å². The zero-order valence-corrected chi connectivity index (χ0v) is 14.1. The summed E-state index contributed by atoms with van der Waals surface area (Å²) in [7, 11) is 0. The van der Waals surface area contributed by atoms with Crippen molar-refractivity contribution < 1.29 is 27.9 Å². The number of carbonyl (C=O) groups is 2. The molecule has 1 aromatic heterocycles. The molecular weight excluding hydrogens is 351 g/mol. The van der Waals surface area contributed by atoms with Gasteiger partial charge in [-0.3, -0.25) is 4.79 Å². The zero-order valence-electron chi connectivity index (χ0n) is 14.1. The van der Waals surface area contributed by atoms with Gasteiger partial charge in [-0.1, -0.05) is 19.9 Å². The van der Waals surface area contributed by atoms with E-state index in [4.69, 9.17) is 5.11 Å². The molecule has 0 spiro atoms. The third-order valence-electron chi connectivity index (χ3n) is 3.57. The smallest absolute Gasteiger partial charge is 0.416 e. The molecule has 0 saturated heterocycles. The van der Waals surface area contributed by atoms with E-state index in [1.807, 2.05) is 13.8 Å². The van der Waals surface area contributed by atoms with Crippen molar-refractivity contribution >= 4 is 11.9 Å². The molecule has 9 heteroatoms. The Hall–Kier alpha value is -2.84. The van der Waals surface area contributed by atoms with Crippen LogP contribution >= 0.6 is 0 Å². The summed E-state index contributed by atoms with van der Waals surface area (Å²) in [6, 6.07) is 4.74. The van der Waals surface area contributed by atoms with Crippen LogP contribution in [0.15, 0.2) is 36.5 Å². The molecule has 2 rings (SSSR count). The number of carbonyl (C=O) groups excluding carboxylic acids is 1. The number of nitrogens with one attached hydrogen (secondary N) is 1. The highest BCUT2D eigenvalue weighted by atomic mass is 19.4. The number of hydrogen-bond donors (Lipinski definition) is 2. The minimum atomic E-state index is -4.49. The normalized spacial score (nSPS) is 12.8. The quantitative estimate of drug-likeness (QED) is 0.819. The van der Waals surface area contributed by atoms with Crippen LogP contribution in [-0.2, 0) is 11.0 Å². The predicted octanol–water partition coefficient (Wildman–Crippen LogP) is 3.12. The molecule has 6 nitrogen and oxygen atoms in total. The van der Waals surface area contributed by atoms with Gasteiger partial charge in [0, 0.05) is 6.20 Å². The molecule has 0 saturated carbocycles. The number of rotatable bonds is 6. The van der Waals surface area contributed by atoms with Gasteiger partial charge >= 0.3 is 12.1 Å². The molecule has 1 heterocycles. The fourth-order valence-corrected chi connectivity index (χ4v) is 2.34. The number of aliphatic carboxylic acids is 1. The van der Waals surface area contributed by atoms with Gasteiger partial charge in [-0.05, 0) is 36.6 Å². The Bertz CT molecular complexity index is 800. The highest BCUT2D eigenvalue weighted by molar-refractivity contribution is 5.94. The van der Waals surface area contributed by atoms with E-state index >= 15 is 0 Å².